The molecular weight excluding hydrogens is 300 g/mol. The maximum Gasteiger partial charge on any atom is 0.339 e. The van der Waals surface area contributed by atoms with Crippen LogP contribution in [0, 0.1) is 10.8 Å². The van der Waals surface area contributed by atoms with Gasteiger partial charge in [0, 0.05) is 6.07 Å². The van der Waals surface area contributed by atoms with Crippen molar-refractivity contribution in [1.82, 2.24) is 0 Å². The van der Waals surface area contributed by atoms with E-state index in [9.17, 15) is 19.5 Å². The van der Waals surface area contributed by atoms with Crippen LogP contribution in [0.4, 0.5) is 0 Å². The highest BCUT2D eigenvalue weighted by molar-refractivity contribution is 5.93. The summed E-state index contributed by atoms with van der Waals surface area (Å²) in [4.78, 5) is 35.1. The van der Waals surface area contributed by atoms with Crippen LogP contribution < -0.4 is 9.47 Å². The average Bonchev–Trinajstić information content (AvgIpc) is 2.36. The van der Waals surface area contributed by atoms with Crippen molar-refractivity contribution in [3.05, 3.63) is 23.8 Å². The van der Waals surface area contributed by atoms with E-state index < -0.39 is 28.7 Å². The number of carboxylic acids is 1. The summed E-state index contributed by atoms with van der Waals surface area (Å²) in [6.07, 6.45) is 0. The second-order valence-corrected chi connectivity index (χ2v) is 7.24. The van der Waals surface area contributed by atoms with Gasteiger partial charge in [0.2, 0.25) is 0 Å². The molecular formula is C17H22O6. The molecule has 1 N–H and O–H groups in total. The van der Waals surface area contributed by atoms with Crippen LogP contribution in [0.3, 0.4) is 0 Å². The number of carbonyl (C=O) groups is 3. The Kier molecular flexibility index (Phi) is 5.20. The van der Waals surface area contributed by atoms with Crippen LogP contribution in [0.25, 0.3) is 0 Å². The Morgan fingerprint density at radius 1 is 0.870 bits per heavy atom. The third-order valence-electron chi connectivity index (χ3n) is 2.82. The molecule has 1 aromatic rings. The van der Waals surface area contributed by atoms with E-state index in [0.29, 0.717) is 0 Å². The maximum absolute atomic E-state index is 12.0. The van der Waals surface area contributed by atoms with Crippen molar-refractivity contribution < 1.29 is 29.0 Å². The molecule has 6 heteroatoms. The summed E-state index contributed by atoms with van der Waals surface area (Å²) in [7, 11) is 0. The van der Waals surface area contributed by atoms with Gasteiger partial charge in [-0.1, -0.05) is 0 Å². The number of aromatic carboxylic acids is 1. The van der Waals surface area contributed by atoms with E-state index in [1.165, 1.54) is 18.2 Å². The van der Waals surface area contributed by atoms with E-state index in [4.69, 9.17) is 9.47 Å². The fourth-order valence-electron chi connectivity index (χ4n) is 1.34. The van der Waals surface area contributed by atoms with E-state index in [0.717, 1.165) is 0 Å². The van der Waals surface area contributed by atoms with Gasteiger partial charge in [0.1, 0.15) is 17.1 Å². The monoisotopic (exact) mass is 322 g/mol. The summed E-state index contributed by atoms with van der Waals surface area (Å²) in [5, 5.41) is 9.18. The summed E-state index contributed by atoms with van der Waals surface area (Å²) >= 11 is 0. The van der Waals surface area contributed by atoms with Gasteiger partial charge in [-0.15, -0.1) is 0 Å². The lowest BCUT2D eigenvalue weighted by atomic mass is 9.97. The normalized spacial score (nSPS) is 11.7. The standard InChI is InChI=1S/C17H22O6/c1-16(2,3)14(20)22-10-7-8-11(13(18)19)12(9-10)23-15(21)17(4,5)6/h7-9H,1-6H3,(H,18,19). The Morgan fingerprint density at radius 3 is 1.78 bits per heavy atom. The molecule has 6 nitrogen and oxygen atoms in total. The number of rotatable bonds is 3. The van der Waals surface area contributed by atoms with Gasteiger partial charge in [0.15, 0.2) is 0 Å². The van der Waals surface area contributed by atoms with E-state index >= 15 is 0 Å². The second-order valence-electron chi connectivity index (χ2n) is 7.24. The van der Waals surface area contributed by atoms with Gasteiger partial charge in [-0.25, -0.2) is 4.79 Å². The fourth-order valence-corrected chi connectivity index (χ4v) is 1.34. The minimum Gasteiger partial charge on any atom is -0.478 e. The van der Waals surface area contributed by atoms with Gasteiger partial charge in [-0.3, -0.25) is 9.59 Å². The molecule has 0 heterocycles. The lowest BCUT2D eigenvalue weighted by molar-refractivity contribution is -0.143. The van der Waals surface area contributed by atoms with Crippen LogP contribution in [-0.4, -0.2) is 23.0 Å². The summed E-state index contributed by atoms with van der Waals surface area (Å²) in [5.41, 5.74) is -1.69. The maximum atomic E-state index is 12.0. The SMILES string of the molecule is CC(C)(C)C(=O)Oc1ccc(C(=O)O)c(OC(=O)C(C)(C)C)c1. The molecule has 0 saturated carbocycles. The fraction of sp³-hybridized carbons (Fsp3) is 0.471. The van der Waals surface area contributed by atoms with Crippen LogP contribution in [0.1, 0.15) is 51.9 Å². The first-order valence-corrected chi connectivity index (χ1v) is 7.14. The first-order chi connectivity index (χ1) is 10.3. The summed E-state index contributed by atoms with van der Waals surface area (Å²) in [6.45, 7) is 10.0. The van der Waals surface area contributed by atoms with Crippen LogP contribution in [-0.2, 0) is 9.59 Å². The highest BCUT2D eigenvalue weighted by atomic mass is 16.5. The Hall–Kier alpha value is -2.37. The van der Waals surface area contributed by atoms with E-state index in [1.807, 2.05) is 0 Å². The highest BCUT2D eigenvalue weighted by Crippen LogP contribution is 2.29. The van der Waals surface area contributed by atoms with E-state index in [1.54, 1.807) is 41.5 Å². The van der Waals surface area contributed by atoms with Crippen LogP contribution in [0.15, 0.2) is 18.2 Å². The topological polar surface area (TPSA) is 89.9 Å². The van der Waals surface area contributed by atoms with Gasteiger partial charge in [-0.2, -0.15) is 0 Å². The highest BCUT2D eigenvalue weighted by Gasteiger charge is 2.27. The molecule has 0 bridgehead atoms. The molecule has 0 aromatic heterocycles. The molecule has 0 radical (unpaired) electrons. The minimum absolute atomic E-state index is 0.117. The summed E-state index contributed by atoms with van der Waals surface area (Å²) < 4.78 is 10.4. The molecule has 0 amide bonds. The molecule has 0 aliphatic rings. The van der Waals surface area contributed by atoms with Gasteiger partial charge in [0.25, 0.3) is 0 Å². The summed E-state index contributed by atoms with van der Waals surface area (Å²) in [6, 6.07) is 3.82. The Morgan fingerprint density at radius 2 is 1.35 bits per heavy atom. The lowest BCUT2D eigenvalue weighted by Gasteiger charge is -2.19. The van der Waals surface area contributed by atoms with Crippen molar-refractivity contribution in [3.63, 3.8) is 0 Å². The van der Waals surface area contributed by atoms with Gasteiger partial charge in [0.05, 0.1) is 10.8 Å². The molecule has 0 fully saturated rings. The third-order valence-corrected chi connectivity index (χ3v) is 2.82. The number of carbonyl (C=O) groups excluding carboxylic acids is 2. The Labute approximate surface area is 135 Å². The van der Waals surface area contributed by atoms with E-state index in [2.05, 4.69) is 0 Å². The first-order valence-electron chi connectivity index (χ1n) is 7.14. The van der Waals surface area contributed by atoms with Crippen molar-refractivity contribution in [2.45, 2.75) is 41.5 Å². The molecule has 0 atom stereocenters. The zero-order chi connectivity index (χ0) is 18.0. The second kappa shape index (κ2) is 6.40. The first kappa shape index (κ1) is 18.7. The van der Waals surface area contributed by atoms with Crippen molar-refractivity contribution in [2.24, 2.45) is 10.8 Å². The van der Waals surface area contributed by atoms with Crippen LogP contribution in [0.2, 0.25) is 0 Å². The smallest absolute Gasteiger partial charge is 0.339 e. The number of carboxylic acid groups (broad SMARTS) is 1. The molecule has 0 unspecified atom stereocenters. The molecule has 0 saturated heterocycles. The number of hydrogen-bond acceptors (Lipinski definition) is 5. The Balaban J connectivity index is 3.16. The van der Waals surface area contributed by atoms with Gasteiger partial charge < -0.3 is 14.6 Å². The lowest BCUT2D eigenvalue weighted by Crippen LogP contribution is -2.27. The molecule has 1 aromatic carbocycles. The molecule has 0 spiro atoms. The quantitative estimate of drug-likeness (QED) is 0.678. The predicted octanol–water partition coefficient (Wildman–Crippen LogP) is 3.29. The predicted molar refractivity (Wildman–Crippen MR) is 83.6 cm³/mol. The van der Waals surface area contributed by atoms with Crippen molar-refractivity contribution in [3.8, 4) is 11.5 Å². The number of ether oxygens (including phenoxy) is 2. The van der Waals surface area contributed by atoms with Crippen LogP contribution in [0.5, 0.6) is 11.5 Å². The molecule has 1 rings (SSSR count). The largest absolute Gasteiger partial charge is 0.478 e. The van der Waals surface area contributed by atoms with Crippen molar-refractivity contribution in [2.75, 3.05) is 0 Å². The third kappa shape index (κ3) is 5.09. The molecule has 23 heavy (non-hydrogen) atoms. The minimum atomic E-state index is -1.24. The molecule has 126 valence electrons. The Bertz CT molecular complexity index is 631. The average molecular weight is 322 g/mol. The number of esters is 2. The van der Waals surface area contributed by atoms with Crippen molar-refractivity contribution in [1.29, 1.82) is 0 Å². The zero-order valence-corrected chi connectivity index (χ0v) is 14.2. The van der Waals surface area contributed by atoms with Crippen LogP contribution >= 0.6 is 0 Å². The van der Waals surface area contributed by atoms with Gasteiger partial charge in [-0.05, 0) is 53.7 Å². The van der Waals surface area contributed by atoms with E-state index in [-0.39, 0.29) is 17.1 Å². The number of benzene rings is 1. The summed E-state index contributed by atoms with van der Waals surface area (Å²) in [5.74, 6) is -2.34. The molecule has 0 aliphatic carbocycles. The number of hydrogen-bond donors (Lipinski definition) is 1. The zero-order valence-electron chi connectivity index (χ0n) is 14.2. The van der Waals surface area contributed by atoms with Crippen molar-refractivity contribution >= 4 is 17.9 Å². The van der Waals surface area contributed by atoms with Gasteiger partial charge >= 0.3 is 17.9 Å². The molecule has 0 aliphatic heterocycles.